The lowest BCUT2D eigenvalue weighted by Crippen LogP contribution is -2.38. The van der Waals surface area contributed by atoms with Gasteiger partial charge in [-0.15, -0.1) is 0 Å². The Labute approximate surface area is 200 Å². The summed E-state index contributed by atoms with van der Waals surface area (Å²) in [6, 6.07) is 16.8. The SMILES string of the molecule is COC(=O)c1cccc(NC(=O)CN(c2cc(C)ccc2C)S(=O)(=O)c2ccc(C)cc2)c1C. The summed E-state index contributed by atoms with van der Waals surface area (Å²) in [5.41, 5.74) is 4.19. The Hall–Kier alpha value is -3.65. The van der Waals surface area contributed by atoms with Crippen LogP contribution in [0.15, 0.2) is 65.6 Å². The van der Waals surface area contributed by atoms with Gasteiger partial charge in [0.2, 0.25) is 5.91 Å². The number of anilines is 2. The van der Waals surface area contributed by atoms with E-state index in [2.05, 4.69) is 5.32 Å². The Kier molecular flexibility index (Phi) is 7.41. The molecule has 0 unspecified atom stereocenters. The van der Waals surface area contributed by atoms with Crippen molar-refractivity contribution in [2.45, 2.75) is 32.6 Å². The number of hydrogen-bond acceptors (Lipinski definition) is 5. The van der Waals surface area contributed by atoms with E-state index in [1.807, 2.05) is 26.0 Å². The zero-order valence-electron chi connectivity index (χ0n) is 19.9. The van der Waals surface area contributed by atoms with Gasteiger partial charge in [-0.3, -0.25) is 9.10 Å². The molecule has 0 aliphatic heterocycles. The number of ether oxygens (including phenoxy) is 1. The van der Waals surface area contributed by atoms with Crippen LogP contribution >= 0.6 is 0 Å². The Balaban J connectivity index is 2.00. The molecule has 7 nitrogen and oxygen atoms in total. The molecule has 1 amide bonds. The smallest absolute Gasteiger partial charge is 0.338 e. The van der Waals surface area contributed by atoms with Crippen LogP contribution in [-0.2, 0) is 19.6 Å². The van der Waals surface area contributed by atoms with Gasteiger partial charge in [0, 0.05) is 5.69 Å². The lowest BCUT2D eigenvalue weighted by molar-refractivity contribution is -0.114. The van der Waals surface area contributed by atoms with Crippen molar-refractivity contribution >= 4 is 33.3 Å². The lowest BCUT2D eigenvalue weighted by Gasteiger charge is -2.26. The molecule has 34 heavy (non-hydrogen) atoms. The number of esters is 1. The molecule has 0 atom stereocenters. The molecule has 8 heteroatoms. The molecular formula is C26H28N2O5S. The van der Waals surface area contributed by atoms with Crippen molar-refractivity contribution in [3.8, 4) is 0 Å². The molecule has 0 heterocycles. The molecule has 0 aliphatic carbocycles. The summed E-state index contributed by atoms with van der Waals surface area (Å²) in [4.78, 5) is 25.2. The maximum atomic E-state index is 13.6. The van der Waals surface area contributed by atoms with Gasteiger partial charge in [-0.25, -0.2) is 13.2 Å². The number of methoxy groups -OCH3 is 1. The highest BCUT2D eigenvalue weighted by molar-refractivity contribution is 7.92. The Morgan fingerprint density at radius 3 is 2.21 bits per heavy atom. The van der Waals surface area contributed by atoms with Gasteiger partial charge in [-0.1, -0.05) is 35.9 Å². The number of benzene rings is 3. The first-order chi connectivity index (χ1) is 16.0. The van der Waals surface area contributed by atoms with E-state index in [0.29, 0.717) is 22.5 Å². The van der Waals surface area contributed by atoms with Gasteiger partial charge in [0.25, 0.3) is 10.0 Å². The number of carbonyl (C=O) groups excluding carboxylic acids is 2. The van der Waals surface area contributed by atoms with Gasteiger partial charge < -0.3 is 10.1 Å². The van der Waals surface area contributed by atoms with Crippen LogP contribution in [-0.4, -0.2) is 33.9 Å². The van der Waals surface area contributed by atoms with Crippen molar-refractivity contribution in [3.05, 3.63) is 88.5 Å². The summed E-state index contributed by atoms with van der Waals surface area (Å²) in [6.07, 6.45) is 0. The average molecular weight is 481 g/mol. The molecule has 0 bridgehead atoms. The quantitative estimate of drug-likeness (QED) is 0.501. The minimum Gasteiger partial charge on any atom is -0.465 e. The van der Waals surface area contributed by atoms with Crippen LogP contribution < -0.4 is 9.62 Å². The lowest BCUT2D eigenvalue weighted by atomic mass is 10.1. The number of nitrogens with one attached hydrogen (secondary N) is 1. The van der Waals surface area contributed by atoms with Crippen LogP contribution in [0, 0.1) is 27.7 Å². The topological polar surface area (TPSA) is 92.8 Å². The molecular weight excluding hydrogens is 452 g/mol. The molecule has 0 radical (unpaired) electrons. The predicted molar refractivity (Wildman–Crippen MR) is 133 cm³/mol. The van der Waals surface area contributed by atoms with E-state index in [4.69, 9.17) is 4.74 Å². The van der Waals surface area contributed by atoms with E-state index in [0.717, 1.165) is 21.0 Å². The van der Waals surface area contributed by atoms with Crippen molar-refractivity contribution in [3.63, 3.8) is 0 Å². The second kappa shape index (κ2) is 10.1. The summed E-state index contributed by atoms with van der Waals surface area (Å²) in [6.45, 7) is 6.78. The summed E-state index contributed by atoms with van der Waals surface area (Å²) < 4.78 is 33.2. The van der Waals surface area contributed by atoms with E-state index < -0.39 is 28.4 Å². The Bertz CT molecular complexity index is 1330. The van der Waals surface area contributed by atoms with E-state index in [1.54, 1.807) is 50.2 Å². The number of hydrogen-bond donors (Lipinski definition) is 1. The van der Waals surface area contributed by atoms with Crippen LogP contribution in [0.3, 0.4) is 0 Å². The maximum absolute atomic E-state index is 13.6. The number of sulfonamides is 1. The van der Waals surface area contributed by atoms with Crippen LogP contribution in [0.4, 0.5) is 11.4 Å². The Morgan fingerprint density at radius 1 is 0.912 bits per heavy atom. The second-order valence-corrected chi connectivity index (χ2v) is 9.99. The van der Waals surface area contributed by atoms with Gasteiger partial charge in [0.1, 0.15) is 6.54 Å². The third-order valence-electron chi connectivity index (χ3n) is 5.54. The van der Waals surface area contributed by atoms with E-state index in [-0.39, 0.29) is 4.90 Å². The summed E-state index contributed by atoms with van der Waals surface area (Å²) in [7, 11) is -2.75. The summed E-state index contributed by atoms with van der Waals surface area (Å²) in [5, 5.41) is 2.74. The molecule has 3 aromatic rings. The van der Waals surface area contributed by atoms with E-state index >= 15 is 0 Å². The van der Waals surface area contributed by atoms with Gasteiger partial charge in [-0.2, -0.15) is 0 Å². The first-order valence-electron chi connectivity index (χ1n) is 10.7. The molecule has 0 aliphatic rings. The minimum absolute atomic E-state index is 0.0932. The van der Waals surface area contributed by atoms with Crippen LogP contribution in [0.2, 0.25) is 0 Å². The highest BCUT2D eigenvalue weighted by Gasteiger charge is 2.28. The highest BCUT2D eigenvalue weighted by atomic mass is 32.2. The van der Waals surface area contributed by atoms with Crippen molar-refractivity contribution in [2.75, 3.05) is 23.3 Å². The van der Waals surface area contributed by atoms with Crippen LogP contribution in [0.1, 0.15) is 32.6 Å². The van der Waals surface area contributed by atoms with Gasteiger partial charge in [0.15, 0.2) is 0 Å². The van der Waals surface area contributed by atoms with Gasteiger partial charge in [0.05, 0.1) is 23.3 Å². The summed E-state index contributed by atoms with van der Waals surface area (Å²) >= 11 is 0. The molecule has 0 spiro atoms. The largest absolute Gasteiger partial charge is 0.465 e. The van der Waals surface area contributed by atoms with Gasteiger partial charge >= 0.3 is 5.97 Å². The molecule has 0 aromatic heterocycles. The maximum Gasteiger partial charge on any atom is 0.338 e. The number of rotatable bonds is 7. The molecule has 178 valence electrons. The predicted octanol–water partition coefficient (Wildman–Crippen LogP) is 4.54. The van der Waals surface area contributed by atoms with Crippen molar-refractivity contribution in [1.82, 2.24) is 0 Å². The van der Waals surface area contributed by atoms with Crippen LogP contribution in [0.25, 0.3) is 0 Å². The molecule has 0 saturated carbocycles. The highest BCUT2D eigenvalue weighted by Crippen LogP contribution is 2.28. The van der Waals surface area contributed by atoms with E-state index in [1.165, 1.54) is 19.2 Å². The molecule has 1 N–H and O–H groups in total. The fourth-order valence-electron chi connectivity index (χ4n) is 3.55. The second-order valence-electron chi connectivity index (χ2n) is 8.13. The fraction of sp³-hybridized carbons (Fsp3) is 0.231. The van der Waals surface area contributed by atoms with Crippen LogP contribution in [0.5, 0.6) is 0 Å². The van der Waals surface area contributed by atoms with Gasteiger partial charge in [-0.05, 0) is 74.7 Å². The first-order valence-corrected chi connectivity index (χ1v) is 12.1. The van der Waals surface area contributed by atoms with Crippen molar-refractivity contribution in [2.24, 2.45) is 0 Å². The molecule has 3 rings (SSSR count). The third kappa shape index (κ3) is 5.28. The number of amides is 1. The molecule has 0 fully saturated rings. The number of aryl methyl sites for hydroxylation is 3. The third-order valence-corrected chi connectivity index (χ3v) is 7.32. The number of carbonyl (C=O) groups is 2. The van der Waals surface area contributed by atoms with Crippen molar-refractivity contribution in [1.29, 1.82) is 0 Å². The fourth-order valence-corrected chi connectivity index (χ4v) is 5.02. The Morgan fingerprint density at radius 2 is 1.56 bits per heavy atom. The number of nitrogens with zero attached hydrogens (tertiary/aromatic N) is 1. The standard InChI is InChI=1S/C26H28N2O5S/c1-17-10-13-21(14-11-17)34(31,32)28(24-15-18(2)9-12-19(24)3)16-25(29)27-23-8-6-7-22(20(23)4)26(30)33-5/h6-15H,16H2,1-5H3,(H,27,29). The average Bonchev–Trinajstić information content (AvgIpc) is 2.80. The first kappa shape index (κ1) is 25.0. The minimum atomic E-state index is -4.03. The normalized spacial score (nSPS) is 11.1. The van der Waals surface area contributed by atoms with E-state index in [9.17, 15) is 18.0 Å². The van der Waals surface area contributed by atoms with Crippen molar-refractivity contribution < 1.29 is 22.7 Å². The molecule has 0 saturated heterocycles. The summed E-state index contributed by atoms with van der Waals surface area (Å²) in [5.74, 6) is -1.06. The monoisotopic (exact) mass is 480 g/mol. The molecule has 3 aromatic carbocycles. The zero-order valence-corrected chi connectivity index (χ0v) is 20.7. The zero-order chi connectivity index (χ0) is 25.0.